The van der Waals surface area contributed by atoms with Crippen LogP contribution < -0.4 is 15.5 Å². The highest BCUT2D eigenvalue weighted by atomic mass is 16.6. The smallest absolute Gasteiger partial charge is 0.293 e. The van der Waals surface area contributed by atoms with E-state index in [4.69, 9.17) is 0 Å². The molecule has 0 aromatic heterocycles. The van der Waals surface area contributed by atoms with E-state index < -0.39 is 10.8 Å². The molecule has 2 aromatic carbocycles. The lowest BCUT2D eigenvalue weighted by atomic mass is 10.1. The van der Waals surface area contributed by atoms with Crippen LogP contribution in [-0.2, 0) is 9.59 Å². The third kappa shape index (κ3) is 5.86. The van der Waals surface area contributed by atoms with Crippen molar-refractivity contribution in [3.63, 3.8) is 0 Å². The van der Waals surface area contributed by atoms with Gasteiger partial charge in [0.2, 0.25) is 0 Å². The quantitative estimate of drug-likeness (QED) is 0.488. The molecule has 2 amide bonds. The number of aryl methyl sites for hydroxylation is 4. The van der Waals surface area contributed by atoms with Gasteiger partial charge in [-0.25, -0.2) is 0 Å². The molecular formula is C21H27N4O4+. The molecule has 0 spiro atoms. The Hall–Kier alpha value is -3.26. The number of nitrogens with zero attached hydrogens (tertiary/aromatic N) is 1. The highest BCUT2D eigenvalue weighted by Gasteiger charge is 2.20. The predicted molar refractivity (Wildman–Crippen MR) is 112 cm³/mol. The molecule has 1 unspecified atom stereocenters. The third-order valence-corrected chi connectivity index (χ3v) is 4.75. The van der Waals surface area contributed by atoms with E-state index in [2.05, 4.69) is 10.6 Å². The fourth-order valence-electron chi connectivity index (χ4n) is 3.05. The van der Waals surface area contributed by atoms with Crippen molar-refractivity contribution in [2.75, 3.05) is 30.8 Å². The largest absolute Gasteiger partial charge is 0.322 e. The standard InChI is InChI=1S/C21H26N4O4/c1-13-7-6-8-14(2)21(13)23-20(27)12-24(5)11-19(26)22-17-9-15(3)16(4)10-18(17)25(28)29/h6-10H,11-12H2,1-5H3,(H,22,26)(H,23,27)/p+1. The minimum Gasteiger partial charge on any atom is -0.322 e. The number of carbonyl (C=O) groups is 2. The first-order valence-electron chi connectivity index (χ1n) is 9.31. The molecular weight excluding hydrogens is 372 g/mol. The van der Waals surface area contributed by atoms with Gasteiger partial charge in [0.1, 0.15) is 5.69 Å². The molecule has 0 radical (unpaired) electrons. The second-order valence-electron chi connectivity index (χ2n) is 7.38. The van der Waals surface area contributed by atoms with E-state index in [0.717, 1.165) is 27.9 Å². The predicted octanol–water partition coefficient (Wildman–Crippen LogP) is 1.92. The number of quaternary nitrogens is 1. The fourth-order valence-corrected chi connectivity index (χ4v) is 3.05. The van der Waals surface area contributed by atoms with E-state index in [9.17, 15) is 19.7 Å². The van der Waals surface area contributed by atoms with E-state index in [1.165, 1.54) is 6.07 Å². The molecule has 154 valence electrons. The lowest BCUT2D eigenvalue weighted by Gasteiger charge is -2.16. The summed E-state index contributed by atoms with van der Waals surface area (Å²) in [5.74, 6) is -0.599. The molecule has 3 N–H and O–H groups in total. The van der Waals surface area contributed by atoms with Crippen molar-refractivity contribution in [1.29, 1.82) is 0 Å². The number of hydrogen-bond acceptors (Lipinski definition) is 4. The Labute approximate surface area is 170 Å². The summed E-state index contributed by atoms with van der Waals surface area (Å²) >= 11 is 0. The molecule has 0 bridgehead atoms. The highest BCUT2D eigenvalue weighted by Crippen LogP contribution is 2.27. The van der Waals surface area contributed by atoms with Gasteiger partial charge in [-0.2, -0.15) is 0 Å². The van der Waals surface area contributed by atoms with Crippen LogP contribution in [0.15, 0.2) is 30.3 Å². The summed E-state index contributed by atoms with van der Waals surface area (Å²) in [6.07, 6.45) is 0. The summed E-state index contributed by atoms with van der Waals surface area (Å²) in [4.78, 5) is 36.1. The highest BCUT2D eigenvalue weighted by molar-refractivity contribution is 5.95. The van der Waals surface area contributed by atoms with Gasteiger partial charge in [0.05, 0.1) is 12.0 Å². The molecule has 29 heavy (non-hydrogen) atoms. The molecule has 0 aliphatic carbocycles. The Morgan fingerprint density at radius 1 is 0.931 bits per heavy atom. The van der Waals surface area contributed by atoms with E-state index in [1.54, 1.807) is 20.0 Å². The lowest BCUT2D eigenvalue weighted by Crippen LogP contribution is -3.11. The Bertz CT molecular complexity index is 936. The zero-order chi connectivity index (χ0) is 21.7. The number of hydrogen-bond donors (Lipinski definition) is 3. The summed E-state index contributed by atoms with van der Waals surface area (Å²) in [6.45, 7) is 7.54. The minimum absolute atomic E-state index is 0.00422. The SMILES string of the molecule is Cc1cc(NC(=O)C[NH+](C)CC(=O)Nc2c(C)cccc2C)c([N+](=O)[O-])cc1C. The van der Waals surface area contributed by atoms with Crippen molar-refractivity contribution in [2.45, 2.75) is 27.7 Å². The molecule has 0 saturated heterocycles. The van der Waals surface area contributed by atoms with E-state index in [-0.39, 0.29) is 30.4 Å². The number of anilines is 2. The number of likely N-dealkylation sites (N-methyl/N-ethyl adjacent to an activating group) is 1. The van der Waals surface area contributed by atoms with Crippen molar-refractivity contribution < 1.29 is 19.4 Å². The average molecular weight is 399 g/mol. The molecule has 0 aliphatic rings. The van der Waals surface area contributed by atoms with Gasteiger partial charge in [0.15, 0.2) is 13.1 Å². The van der Waals surface area contributed by atoms with Crippen LogP contribution in [0.5, 0.6) is 0 Å². The number of benzene rings is 2. The van der Waals surface area contributed by atoms with Gasteiger partial charge >= 0.3 is 0 Å². The third-order valence-electron chi connectivity index (χ3n) is 4.75. The van der Waals surface area contributed by atoms with Gasteiger partial charge in [-0.1, -0.05) is 18.2 Å². The second kappa shape index (κ2) is 9.29. The van der Waals surface area contributed by atoms with Crippen LogP contribution in [0.3, 0.4) is 0 Å². The topological polar surface area (TPSA) is 106 Å². The first-order chi connectivity index (χ1) is 13.6. The molecule has 0 aliphatic heterocycles. The zero-order valence-electron chi connectivity index (χ0n) is 17.4. The van der Waals surface area contributed by atoms with Crippen LogP contribution >= 0.6 is 0 Å². The molecule has 2 aromatic rings. The van der Waals surface area contributed by atoms with Crippen LogP contribution in [0.2, 0.25) is 0 Å². The lowest BCUT2D eigenvalue weighted by molar-refractivity contribution is -0.862. The van der Waals surface area contributed by atoms with E-state index in [1.807, 2.05) is 39.0 Å². The normalized spacial score (nSPS) is 11.6. The van der Waals surface area contributed by atoms with Crippen molar-refractivity contribution in [3.8, 4) is 0 Å². The molecule has 8 nitrogen and oxygen atoms in total. The second-order valence-corrected chi connectivity index (χ2v) is 7.38. The fraction of sp³-hybridized carbons (Fsp3) is 0.333. The van der Waals surface area contributed by atoms with Gasteiger partial charge in [0.25, 0.3) is 17.5 Å². The number of rotatable bonds is 7. The summed E-state index contributed by atoms with van der Waals surface area (Å²) in [6, 6.07) is 8.80. The minimum atomic E-state index is -0.517. The van der Waals surface area contributed by atoms with Crippen LogP contribution in [0.1, 0.15) is 22.3 Å². The molecule has 1 atom stereocenters. The Morgan fingerprint density at radius 2 is 1.45 bits per heavy atom. The number of nitro benzene ring substituents is 1. The Balaban J connectivity index is 1.98. The van der Waals surface area contributed by atoms with Crippen molar-refractivity contribution >= 4 is 28.9 Å². The summed E-state index contributed by atoms with van der Waals surface area (Å²) in [5.41, 5.74) is 4.36. The number of amides is 2. The number of nitro groups is 1. The van der Waals surface area contributed by atoms with Crippen molar-refractivity contribution in [3.05, 3.63) is 62.7 Å². The van der Waals surface area contributed by atoms with E-state index in [0.29, 0.717) is 4.90 Å². The van der Waals surface area contributed by atoms with Crippen LogP contribution in [-0.4, -0.2) is 36.9 Å². The molecule has 8 heteroatoms. The molecule has 0 heterocycles. The Kier molecular flexibility index (Phi) is 7.06. The van der Waals surface area contributed by atoms with Gasteiger partial charge in [-0.05, 0) is 56.0 Å². The summed E-state index contributed by atoms with van der Waals surface area (Å²) < 4.78 is 0. The van der Waals surface area contributed by atoms with E-state index >= 15 is 0 Å². The van der Waals surface area contributed by atoms with Crippen LogP contribution in [0.25, 0.3) is 0 Å². The first-order valence-corrected chi connectivity index (χ1v) is 9.31. The van der Waals surface area contributed by atoms with Gasteiger partial charge in [-0.15, -0.1) is 0 Å². The van der Waals surface area contributed by atoms with Crippen LogP contribution in [0.4, 0.5) is 17.1 Å². The van der Waals surface area contributed by atoms with Crippen molar-refractivity contribution in [1.82, 2.24) is 0 Å². The first kappa shape index (κ1) is 22.0. The van der Waals surface area contributed by atoms with Crippen molar-refractivity contribution in [2.24, 2.45) is 0 Å². The van der Waals surface area contributed by atoms with Crippen LogP contribution in [0, 0.1) is 37.8 Å². The molecule has 2 rings (SSSR count). The maximum absolute atomic E-state index is 12.4. The summed E-state index contributed by atoms with van der Waals surface area (Å²) in [7, 11) is 1.72. The zero-order valence-corrected chi connectivity index (χ0v) is 17.4. The molecule has 0 saturated carbocycles. The number of nitrogens with one attached hydrogen (secondary N) is 3. The monoisotopic (exact) mass is 399 g/mol. The molecule has 0 fully saturated rings. The summed E-state index contributed by atoms with van der Waals surface area (Å²) in [5, 5.41) is 16.7. The van der Waals surface area contributed by atoms with Gasteiger partial charge in [-0.3, -0.25) is 19.7 Å². The maximum atomic E-state index is 12.4. The maximum Gasteiger partial charge on any atom is 0.293 e. The number of carbonyl (C=O) groups excluding carboxylic acids is 2. The Morgan fingerprint density at radius 3 is 2.00 bits per heavy atom. The van der Waals surface area contributed by atoms with Gasteiger partial charge < -0.3 is 15.5 Å². The average Bonchev–Trinajstić information content (AvgIpc) is 2.60. The van der Waals surface area contributed by atoms with Gasteiger partial charge in [0, 0.05) is 11.8 Å². The number of para-hydroxylation sites is 1.